The first-order chi connectivity index (χ1) is 8.10. The summed E-state index contributed by atoms with van der Waals surface area (Å²) in [4.78, 5) is 4.59. The van der Waals surface area contributed by atoms with E-state index in [9.17, 15) is 0 Å². The molecule has 4 heteroatoms. The third-order valence-electron chi connectivity index (χ3n) is 2.93. The zero-order valence-electron chi connectivity index (χ0n) is 10.6. The number of aromatic nitrogens is 2. The maximum absolute atomic E-state index is 5.96. The van der Waals surface area contributed by atoms with E-state index in [0.29, 0.717) is 11.9 Å². The molecule has 1 aromatic heterocycles. The Bertz CT molecular complexity index is 546. The molecule has 1 aromatic carbocycles. The molecule has 0 atom stereocenters. The van der Waals surface area contributed by atoms with Crippen LogP contribution in [-0.4, -0.2) is 16.7 Å². The lowest BCUT2D eigenvalue weighted by atomic mass is 10.2. The number of halogens is 1. The first-order valence-electron chi connectivity index (χ1n) is 5.70. The van der Waals surface area contributed by atoms with Crippen LogP contribution in [0.4, 0.5) is 0 Å². The van der Waals surface area contributed by atoms with Gasteiger partial charge >= 0.3 is 0 Å². The van der Waals surface area contributed by atoms with Crippen LogP contribution in [0.15, 0.2) is 12.1 Å². The Morgan fingerprint density at radius 2 is 2.12 bits per heavy atom. The fraction of sp³-hybridized carbons (Fsp3) is 0.462. The monoisotopic (exact) mass is 252 g/mol. The minimum Gasteiger partial charge on any atom is -0.494 e. The predicted molar refractivity (Wildman–Crippen MR) is 71.0 cm³/mol. The van der Waals surface area contributed by atoms with Gasteiger partial charge < -0.3 is 9.30 Å². The molecule has 0 saturated carbocycles. The predicted octanol–water partition coefficient (Wildman–Crippen LogP) is 3.67. The van der Waals surface area contributed by atoms with Gasteiger partial charge in [0.2, 0.25) is 0 Å². The van der Waals surface area contributed by atoms with Crippen LogP contribution < -0.4 is 4.74 Å². The van der Waals surface area contributed by atoms with Gasteiger partial charge in [-0.25, -0.2) is 4.98 Å². The highest BCUT2D eigenvalue weighted by molar-refractivity contribution is 6.16. The molecule has 0 amide bonds. The Labute approximate surface area is 106 Å². The number of hydrogen-bond donors (Lipinski definition) is 0. The van der Waals surface area contributed by atoms with Crippen molar-refractivity contribution in [3.8, 4) is 5.75 Å². The van der Waals surface area contributed by atoms with E-state index in [2.05, 4.69) is 35.5 Å². The second-order valence-electron chi connectivity index (χ2n) is 4.41. The molecule has 2 rings (SSSR count). The summed E-state index contributed by atoms with van der Waals surface area (Å²) in [6.07, 6.45) is 0. The number of aryl methyl sites for hydroxylation is 1. The Morgan fingerprint density at radius 3 is 2.65 bits per heavy atom. The van der Waals surface area contributed by atoms with Crippen LogP contribution in [0.2, 0.25) is 0 Å². The molecule has 0 bridgehead atoms. The highest BCUT2D eigenvalue weighted by Gasteiger charge is 2.16. The topological polar surface area (TPSA) is 27.1 Å². The van der Waals surface area contributed by atoms with Crippen molar-refractivity contribution >= 4 is 22.6 Å². The minimum absolute atomic E-state index is 0.334. The maximum Gasteiger partial charge on any atom is 0.149 e. The largest absolute Gasteiger partial charge is 0.494 e. The highest BCUT2D eigenvalue weighted by atomic mass is 35.5. The third-order valence-corrected chi connectivity index (χ3v) is 3.16. The summed E-state index contributed by atoms with van der Waals surface area (Å²) in [5, 5.41) is 0. The van der Waals surface area contributed by atoms with Crippen LogP contribution >= 0.6 is 11.6 Å². The van der Waals surface area contributed by atoms with Gasteiger partial charge in [0.1, 0.15) is 17.1 Å². The lowest BCUT2D eigenvalue weighted by molar-refractivity contribution is 0.416. The van der Waals surface area contributed by atoms with E-state index in [1.807, 2.05) is 6.92 Å². The van der Waals surface area contributed by atoms with Crippen molar-refractivity contribution in [2.24, 2.45) is 0 Å². The number of ether oxygens (including phenoxy) is 1. The van der Waals surface area contributed by atoms with Gasteiger partial charge in [-0.2, -0.15) is 0 Å². The summed E-state index contributed by atoms with van der Waals surface area (Å²) in [5.74, 6) is 2.14. The van der Waals surface area contributed by atoms with E-state index in [1.54, 1.807) is 7.11 Å². The van der Waals surface area contributed by atoms with E-state index in [4.69, 9.17) is 16.3 Å². The SMILES string of the molecule is COc1c(C)ccc2c1nc(CCl)n2C(C)C. The summed E-state index contributed by atoms with van der Waals surface area (Å²) in [7, 11) is 1.68. The fourth-order valence-corrected chi connectivity index (χ4v) is 2.40. The van der Waals surface area contributed by atoms with Crippen molar-refractivity contribution in [2.45, 2.75) is 32.7 Å². The van der Waals surface area contributed by atoms with Crippen molar-refractivity contribution in [3.05, 3.63) is 23.5 Å². The summed E-state index contributed by atoms with van der Waals surface area (Å²) >= 11 is 5.96. The number of methoxy groups -OCH3 is 1. The molecular formula is C13H17ClN2O. The van der Waals surface area contributed by atoms with Crippen LogP contribution in [0.5, 0.6) is 5.75 Å². The molecule has 0 spiro atoms. The van der Waals surface area contributed by atoms with Crippen LogP contribution in [0.25, 0.3) is 11.0 Å². The average Bonchev–Trinajstić information content (AvgIpc) is 2.67. The molecule has 0 radical (unpaired) electrons. The van der Waals surface area contributed by atoms with Crippen molar-refractivity contribution in [1.82, 2.24) is 9.55 Å². The molecular weight excluding hydrogens is 236 g/mol. The van der Waals surface area contributed by atoms with Gasteiger partial charge in [0, 0.05) is 6.04 Å². The van der Waals surface area contributed by atoms with Gasteiger partial charge in [-0.15, -0.1) is 11.6 Å². The fourth-order valence-electron chi connectivity index (χ4n) is 2.21. The standard InChI is InChI=1S/C13H17ClN2O/c1-8(2)16-10-6-5-9(3)13(17-4)12(10)15-11(16)7-14/h5-6,8H,7H2,1-4H3. The summed E-state index contributed by atoms with van der Waals surface area (Å²) in [6.45, 7) is 6.28. The van der Waals surface area contributed by atoms with E-state index in [0.717, 1.165) is 28.2 Å². The van der Waals surface area contributed by atoms with Crippen molar-refractivity contribution < 1.29 is 4.74 Å². The number of rotatable bonds is 3. The molecule has 92 valence electrons. The molecule has 0 saturated heterocycles. The Morgan fingerprint density at radius 1 is 1.41 bits per heavy atom. The molecule has 0 unspecified atom stereocenters. The zero-order chi connectivity index (χ0) is 12.6. The van der Waals surface area contributed by atoms with E-state index < -0.39 is 0 Å². The van der Waals surface area contributed by atoms with E-state index >= 15 is 0 Å². The first-order valence-corrected chi connectivity index (χ1v) is 6.24. The van der Waals surface area contributed by atoms with Crippen molar-refractivity contribution in [2.75, 3.05) is 7.11 Å². The quantitative estimate of drug-likeness (QED) is 0.780. The van der Waals surface area contributed by atoms with Gasteiger partial charge in [-0.05, 0) is 32.4 Å². The lowest BCUT2D eigenvalue weighted by Gasteiger charge is -2.12. The molecule has 17 heavy (non-hydrogen) atoms. The van der Waals surface area contributed by atoms with Crippen LogP contribution in [0.3, 0.4) is 0 Å². The third kappa shape index (κ3) is 1.89. The van der Waals surface area contributed by atoms with E-state index in [1.165, 1.54) is 0 Å². The number of hydrogen-bond acceptors (Lipinski definition) is 2. The van der Waals surface area contributed by atoms with Crippen LogP contribution in [0.1, 0.15) is 31.3 Å². The van der Waals surface area contributed by atoms with Crippen LogP contribution in [-0.2, 0) is 5.88 Å². The maximum atomic E-state index is 5.96. The molecule has 3 nitrogen and oxygen atoms in total. The summed E-state index contributed by atoms with van der Waals surface area (Å²) in [5.41, 5.74) is 3.07. The summed E-state index contributed by atoms with van der Waals surface area (Å²) < 4.78 is 7.59. The van der Waals surface area contributed by atoms with Gasteiger partial charge in [0.15, 0.2) is 0 Å². The second-order valence-corrected chi connectivity index (χ2v) is 4.68. The normalized spacial score (nSPS) is 11.4. The molecule has 0 N–H and O–H groups in total. The zero-order valence-corrected chi connectivity index (χ0v) is 11.4. The average molecular weight is 253 g/mol. The van der Waals surface area contributed by atoms with Gasteiger partial charge in [-0.1, -0.05) is 6.07 Å². The molecule has 0 aliphatic rings. The Kier molecular flexibility index (Phi) is 3.29. The molecule has 0 aliphatic heterocycles. The first kappa shape index (κ1) is 12.2. The lowest BCUT2D eigenvalue weighted by Crippen LogP contribution is -2.04. The number of nitrogens with zero attached hydrogens (tertiary/aromatic N) is 2. The highest BCUT2D eigenvalue weighted by Crippen LogP contribution is 2.31. The minimum atomic E-state index is 0.334. The molecule has 2 aromatic rings. The molecule has 0 aliphatic carbocycles. The van der Waals surface area contributed by atoms with Gasteiger partial charge in [0.05, 0.1) is 18.5 Å². The number of benzene rings is 1. The Balaban J connectivity index is 2.82. The van der Waals surface area contributed by atoms with Crippen molar-refractivity contribution in [1.29, 1.82) is 0 Å². The number of alkyl halides is 1. The van der Waals surface area contributed by atoms with E-state index in [-0.39, 0.29) is 0 Å². The number of imidazole rings is 1. The van der Waals surface area contributed by atoms with Gasteiger partial charge in [0.25, 0.3) is 0 Å². The molecule has 1 heterocycles. The smallest absolute Gasteiger partial charge is 0.149 e. The summed E-state index contributed by atoms with van der Waals surface area (Å²) in [6, 6.07) is 4.47. The van der Waals surface area contributed by atoms with Gasteiger partial charge in [-0.3, -0.25) is 0 Å². The van der Waals surface area contributed by atoms with Crippen LogP contribution in [0, 0.1) is 6.92 Å². The second kappa shape index (κ2) is 4.57. The van der Waals surface area contributed by atoms with Crippen molar-refractivity contribution in [3.63, 3.8) is 0 Å². The number of fused-ring (bicyclic) bond motifs is 1. The Hall–Kier alpha value is -1.22. The molecule has 0 fully saturated rings.